The zero-order valence-corrected chi connectivity index (χ0v) is 23.6. The third-order valence-electron chi connectivity index (χ3n) is 5.98. The summed E-state index contributed by atoms with van der Waals surface area (Å²) in [5.74, 6) is -0.781. The van der Waals surface area contributed by atoms with Crippen molar-refractivity contribution in [3.8, 4) is 6.07 Å². The predicted octanol–water partition coefficient (Wildman–Crippen LogP) is 6.12. The summed E-state index contributed by atoms with van der Waals surface area (Å²) in [5.41, 5.74) is 0.209. The van der Waals surface area contributed by atoms with E-state index < -0.39 is 23.1 Å². The lowest BCUT2D eigenvalue weighted by molar-refractivity contribution is 0.101. The standard InChI is InChI=1S/C17H10N2O3.C15H9BrN2O3/c18-10-11-4-3-6-13(8-11)19-16(20)14-9-12-5-1-2-7-15(12)22-17(14)21;16-12-6-3-7-13(17-12)18-14(19)10-8-9-4-1-2-5-11(9)21-15(10)20/h1-9H,(H,19,20);1-8H,(H,17,18,19). The second-order valence-electron chi connectivity index (χ2n) is 8.92. The highest BCUT2D eigenvalue weighted by atomic mass is 79.9. The molecule has 11 heteroatoms. The molecule has 6 rings (SSSR count). The largest absolute Gasteiger partial charge is 0.422 e. The molecule has 0 unspecified atom stereocenters. The van der Waals surface area contributed by atoms with Crippen LogP contribution in [-0.2, 0) is 0 Å². The number of halogens is 1. The van der Waals surface area contributed by atoms with Gasteiger partial charge < -0.3 is 19.5 Å². The molecule has 3 aromatic heterocycles. The van der Waals surface area contributed by atoms with Gasteiger partial charge in [-0.2, -0.15) is 5.26 Å². The molecule has 0 saturated heterocycles. The maximum atomic E-state index is 12.2. The summed E-state index contributed by atoms with van der Waals surface area (Å²) in [7, 11) is 0. The summed E-state index contributed by atoms with van der Waals surface area (Å²) in [5, 5.41) is 15.4. The number of fused-ring (bicyclic) bond motifs is 2. The molecule has 3 heterocycles. The van der Waals surface area contributed by atoms with Crippen LogP contribution in [-0.4, -0.2) is 16.8 Å². The van der Waals surface area contributed by atoms with E-state index in [2.05, 4.69) is 31.5 Å². The molecule has 0 atom stereocenters. The molecular formula is C32H19BrN4O6. The van der Waals surface area contributed by atoms with E-state index in [4.69, 9.17) is 14.1 Å². The number of para-hydroxylation sites is 2. The monoisotopic (exact) mass is 634 g/mol. The predicted molar refractivity (Wildman–Crippen MR) is 164 cm³/mol. The molecule has 210 valence electrons. The van der Waals surface area contributed by atoms with E-state index in [1.807, 2.05) is 6.07 Å². The number of nitriles is 1. The number of aromatic nitrogens is 1. The van der Waals surface area contributed by atoms with Crippen molar-refractivity contribution in [3.05, 3.63) is 145 Å². The lowest BCUT2D eigenvalue weighted by Gasteiger charge is -2.05. The van der Waals surface area contributed by atoms with Crippen molar-refractivity contribution in [2.24, 2.45) is 0 Å². The van der Waals surface area contributed by atoms with Crippen LogP contribution in [0.1, 0.15) is 26.3 Å². The lowest BCUT2D eigenvalue weighted by Crippen LogP contribution is -2.21. The van der Waals surface area contributed by atoms with Gasteiger partial charge in [0.2, 0.25) is 0 Å². The Morgan fingerprint density at radius 3 is 1.84 bits per heavy atom. The Balaban J connectivity index is 0.000000171. The van der Waals surface area contributed by atoms with E-state index in [1.165, 1.54) is 18.2 Å². The van der Waals surface area contributed by atoms with Crippen molar-refractivity contribution >= 4 is 61.2 Å². The smallest absolute Gasteiger partial charge is 0.349 e. The molecule has 0 aliphatic rings. The molecule has 2 amide bonds. The summed E-state index contributed by atoms with van der Waals surface area (Å²) < 4.78 is 10.8. The first-order chi connectivity index (χ1) is 20.8. The number of carbonyl (C=O) groups excluding carboxylic acids is 2. The van der Waals surface area contributed by atoms with Crippen LogP contribution < -0.4 is 21.9 Å². The molecule has 43 heavy (non-hydrogen) atoms. The highest BCUT2D eigenvalue weighted by molar-refractivity contribution is 9.10. The molecular weight excluding hydrogens is 616 g/mol. The maximum Gasteiger partial charge on any atom is 0.349 e. The molecule has 10 nitrogen and oxygen atoms in total. The van der Waals surface area contributed by atoms with Gasteiger partial charge in [-0.3, -0.25) is 9.59 Å². The van der Waals surface area contributed by atoms with Crippen LogP contribution in [0.2, 0.25) is 0 Å². The number of pyridine rings is 1. The fourth-order valence-electron chi connectivity index (χ4n) is 3.97. The first-order valence-corrected chi connectivity index (χ1v) is 13.4. The summed E-state index contributed by atoms with van der Waals surface area (Å²) in [4.78, 5) is 52.3. The summed E-state index contributed by atoms with van der Waals surface area (Å²) >= 11 is 3.21. The average molecular weight is 635 g/mol. The van der Waals surface area contributed by atoms with Gasteiger partial charge in [0.15, 0.2) is 0 Å². The quantitative estimate of drug-likeness (QED) is 0.173. The first kappa shape index (κ1) is 28.7. The van der Waals surface area contributed by atoms with Crippen molar-refractivity contribution in [1.82, 2.24) is 4.98 Å². The third kappa shape index (κ3) is 6.90. The number of carbonyl (C=O) groups is 2. The highest BCUT2D eigenvalue weighted by Crippen LogP contribution is 2.16. The number of anilines is 2. The van der Waals surface area contributed by atoms with Crippen LogP contribution in [0.25, 0.3) is 21.9 Å². The molecule has 3 aromatic carbocycles. The number of hydrogen-bond acceptors (Lipinski definition) is 8. The Morgan fingerprint density at radius 2 is 1.26 bits per heavy atom. The Hall–Kier alpha value is -5.86. The molecule has 0 radical (unpaired) electrons. The molecule has 0 fully saturated rings. The summed E-state index contributed by atoms with van der Waals surface area (Å²) in [6.45, 7) is 0. The molecule has 0 bridgehead atoms. The minimum Gasteiger partial charge on any atom is -0.422 e. The first-order valence-electron chi connectivity index (χ1n) is 12.6. The van der Waals surface area contributed by atoms with Crippen LogP contribution in [0.4, 0.5) is 11.5 Å². The minimum absolute atomic E-state index is 0.0597. The van der Waals surface area contributed by atoms with Crippen molar-refractivity contribution < 1.29 is 18.4 Å². The van der Waals surface area contributed by atoms with Crippen molar-refractivity contribution in [1.29, 1.82) is 5.26 Å². The van der Waals surface area contributed by atoms with E-state index in [0.29, 0.717) is 43.6 Å². The third-order valence-corrected chi connectivity index (χ3v) is 6.42. The van der Waals surface area contributed by atoms with Crippen LogP contribution in [0.3, 0.4) is 0 Å². The SMILES string of the molecule is N#Cc1cccc(NC(=O)c2cc3ccccc3oc2=O)c1.O=C(Nc1cccc(Br)n1)c1cc2ccccc2oc1=O. The summed E-state index contributed by atoms with van der Waals surface area (Å²) in [6.07, 6.45) is 0. The van der Waals surface area contributed by atoms with E-state index >= 15 is 0 Å². The Kier molecular flexibility index (Phi) is 8.50. The second-order valence-corrected chi connectivity index (χ2v) is 9.73. The van der Waals surface area contributed by atoms with Gasteiger partial charge in [0.05, 0.1) is 11.6 Å². The Bertz CT molecular complexity index is 2170. The minimum atomic E-state index is -0.701. The Morgan fingerprint density at radius 1 is 0.698 bits per heavy atom. The van der Waals surface area contributed by atoms with Crippen molar-refractivity contribution in [2.45, 2.75) is 0 Å². The van der Waals surface area contributed by atoms with Gasteiger partial charge in [-0.25, -0.2) is 14.6 Å². The van der Waals surface area contributed by atoms with Crippen LogP contribution >= 0.6 is 15.9 Å². The average Bonchev–Trinajstić information content (AvgIpc) is 3.00. The highest BCUT2D eigenvalue weighted by Gasteiger charge is 2.15. The van der Waals surface area contributed by atoms with E-state index in [0.717, 1.165) is 0 Å². The van der Waals surface area contributed by atoms with E-state index in [-0.39, 0.29) is 11.1 Å². The van der Waals surface area contributed by atoms with Crippen molar-refractivity contribution in [2.75, 3.05) is 10.6 Å². The zero-order valence-electron chi connectivity index (χ0n) is 22.0. The van der Waals surface area contributed by atoms with Crippen LogP contribution in [0.5, 0.6) is 0 Å². The molecule has 0 aliphatic carbocycles. The second kappa shape index (κ2) is 12.8. The van der Waals surface area contributed by atoms with Gasteiger partial charge in [0.1, 0.15) is 32.7 Å². The zero-order chi connectivity index (χ0) is 30.3. The molecule has 2 N–H and O–H groups in total. The molecule has 0 aliphatic heterocycles. The van der Waals surface area contributed by atoms with Gasteiger partial charge in [-0.15, -0.1) is 0 Å². The normalized spacial score (nSPS) is 10.3. The number of nitrogens with zero attached hydrogens (tertiary/aromatic N) is 2. The molecule has 0 spiro atoms. The number of nitrogens with one attached hydrogen (secondary N) is 2. The van der Waals surface area contributed by atoms with Gasteiger partial charge in [-0.1, -0.05) is 48.5 Å². The number of benzene rings is 3. The molecule has 6 aromatic rings. The van der Waals surface area contributed by atoms with Crippen LogP contribution in [0, 0.1) is 11.3 Å². The Labute approximate surface area is 251 Å². The number of hydrogen-bond donors (Lipinski definition) is 2. The fraction of sp³-hybridized carbons (Fsp3) is 0. The summed E-state index contributed by atoms with van der Waals surface area (Å²) in [6, 6.07) is 30.5. The fourth-order valence-corrected chi connectivity index (χ4v) is 4.31. The van der Waals surface area contributed by atoms with Gasteiger partial charge >= 0.3 is 11.3 Å². The van der Waals surface area contributed by atoms with E-state index in [9.17, 15) is 19.2 Å². The van der Waals surface area contributed by atoms with Crippen molar-refractivity contribution in [3.63, 3.8) is 0 Å². The van der Waals surface area contributed by atoms with E-state index in [1.54, 1.807) is 84.9 Å². The number of amides is 2. The van der Waals surface area contributed by atoms with Gasteiger partial charge in [-0.05, 0) is 70.5 Å². The molecule has 0 saturated carbocycles. The van der Waals surface area contributed by atoms with Gasteiger partial charge in [0, 0.05) is 16.5 Å². The van der Waals surface area contributed by atoms with Crippen LogP contribution in [0.15, 0.2) is 126 Å². The lowest BCUT2D eigenvalue weighted by atomic mass is 10.1. The maximum absolute atomic E-state index is 12.2. The van der Waals surface area contributed by atoms with Gasteiger partial charge in [0.25, 0.3) is 11.8 Å². The topological polar surface area (TPSA) is 155 Å². The number of rotatable bonds is 4.